The number of carbonyl (C=O) groups excluding carboxylic acids is 1. The van der Waals surface area contributed by atoms with Crippen LogP contribution in [0, 0.1) is 12.8 Å². The normalized spacial score (nSPS) is 21.1. The first-order chi connectivity index (χ1) is 12.0. The van der Waals surface area contributed by atoms with Gasteiger partial charge < -0.3 is 14.8 Å². The first-order valence-corrected chi connectivity index (χ1v) is 8.47. The minimum absolute atomic E-state index is 0.181. The summed E-state index contributed by atoms with van der Waals surface area (Å²) in [6, 6.07) is 7.42. The van der Waals surface area contributed by atoms with Crippen molar-refractivity contribution in [1.29, 1.82) is 0 Å². The van der Waals surface area contributed by atoms with Gasteiger partial charge >= 0.3 is 0 Å². The predicted octanol–water partition coefficient (Wildman–Crippen LogP) is 2.72. The van der Waals surface area contributed by atoms with Crippen LogP contribution in [0.4, 0.5) is 0 Å². The van der Waals surface area contributed by atoms with E-state index in [0.717, 1.165) is 16.5 Å². The standard InChI is InChI=1S/C19H21N3O3/c1-11-3-4-16-12(5-11)8-17(25-16)19(24)21-18(13-6-15(23)7-13)14-9-20-22(2)10-14/h3-5,8-10,13,15,18,23H,6-7H2,1-2H3,(H,21,24)/t13?,15?,18-/m0/s1. The Bertz CT molecular complexity index is 921. The zero-order valence-corrected chi connectivity index (χ0v) is 14.3. The second-order valence-electron chi connectivity index (χ2n) is 6.94. The molecule has 1 atom stereocenters. The molecule has 1 amide bonds. The van der Waals surface area contributed by atoms with E-state index < -0.39 is 0 Å². The minimum atomic E-state index is -0.282. The Morgan fingerprint density at radius 3 is 2.88 bits per heavy atom. The van der Waals surface area contributed by atoms with Gasteiger partial charge in [-0.05, 0) is 43.9 Å². The van der Waals surface area contributed by atoms with Gasteiger partial charge in [0.15, 0.2) is 5.76 Å². The first-order valence-electron chi connectivity index (χ1n) is 8.47. The summed E-state index contributed by atoms with van der Waals surface area (Å²) in [6.45, 7) is 2.01. The van der Waals surface area contributed by atoms with Gasteiger partial charge in [-0.25, -0.2) is 0 Å². The van der Waals surface area contributed by atoms with Gasteiger partial charge in [0.2, 0.25) is 0 Å². The number of rotatable bonds is 4. The molecule has 2 N–H and O–H groups in total. The number of aryl methyl sites for hydroxylation is 2. The van der Waals surface area contributed by atoms with E-state index in [2.05, 4.69) is 10.4 Å². The summed E-state index contributed by atoms with van der Waals surface area (Å²) in [6.07, 6.45) is 4.74. The van der Waals surface area contributed by atoms with Crippen molar-refractivity contribution >= 4 is 16.9 Å². The molecule has 0 radical (unpaired) electrons. The highest BCUT2D eigenvalue weighted by atomic mass is 16.3. The summed E-state index contributed by atoms with van der Waals surface area (Å²) in [5.74, 6) is 0.258. The highest BCUT2D eigenvalue weighted by Crippen LogP contribution is 2.38. The molecule has 1 aromatic carbocycles. The Kier molecular flexibility index (Phi) is 3.84. The van der Waals surface area contributed by atoms with Crippen molar-refractivity contribution in [3.05, 3.63) is 53.5 Å². The quantitative estimate of drug-likeness (QED) is 0.766. The molecule has 1 saturated carbocycles. The number of carbonyl (C=O) groups is 1. The highest BCUT2D eigenvalue weighted by molar-refractivity contribution is 5.96. The van der Waals surface area contributed by atoms with E-state index in [1.54, 1.807) is 16.9 Å². The average molecular weight is 339 g/mol. The Morgan fingerprint density at radius 2 is 2.20 bits per heavy atom. The van der Waals surface area contributed by atoms with Gasteiger partial charge in [-0.2, -0.15) is 5.10 Å². The van der Waals surface area contributed by atoms with Crippen LogP contribution in [0.3, 0.4) is 0 Å². The molecular weight excluding hydrogens is 318 g/mol. The number of aliphatic hydroxyl groups excluding tert-OH is 1. The number of nitrogens with zero attached hydrogens (tertiary/aromatic N) is 2. The number of hydrogen-bond donors (Lipinski definition) is 2. The van der Waals surface area contributed by atoms with Crippen molar-refractivity contribution < 1.29 is 14.3 Å². The molecule has 0 unspecified atom stereocenters. The molecule has 130 valence electrons. The zero-order valence-electron chi connectivity index (χ0n) is 14.3. The molecule has 0 saturated heterocycles. The fourth-order valence-corrected chi connectivity index (χ4v) is 3.46. The maximum atomic E-state index is 12.7. The summed E-state index contributed by atoms with van der Waals surface area (Å²) in [4.78, 5) is 12.7. The fourth-order valence-electron chi connectivity index (χ4n) is 3.46. The molecule has 0 aliphatic heterocycles. The fraction of sp³-hybridized carbons (Fsp3) is 0.368. The van der Waals surface area contributed by atoms with E-state index in [4.69, 9.17) is 4.42 Å². The lowest BCUT2D eigenvalue weighted by molar-refractivity contribution is 0.0232. The maximum Gasteiger partial charge on any atom is 0.287 e. The number of aromatic nitrogens is 2. The number of aliphatic hydroxyl groups is 1. The zero-order chi connectivity index (χ0) is 17.6. The largest absolute Gasteiger partial charge is 0.451 e. The van der Waals surface area contributed by atoms with Crippen LogP contribution in [0.2, 0.25) is 0 Å². The summed E-state index contributed by atoms with van der Waals surface area (Å²) in [7, 11) is 1.85. The van der Waals surface area contributed by atoms with Crippen molar-refractivity contribution in [2.24, 2.45) is 13.0 Å². The molecule has 6 heteroatoms. The van der Waals surface area contributed by atoms with E-state index >= 15 is 0 Å². The van der Waals surface area contributed by atoms with Crippen molar-refractivity contribution in [2.45, 2.75) is 31.9 Å². The summed E-state index contributed by atoms with van der Waals surface area (Å²) in [5, 5.41) is 17.8. The van der Waals surface area contributed by atoms with Gasteiger partial charge in [0.25, 0.3) is 5.91 Å². The lowest BCUT2D eigenvalue weighted by Crippen LogP contribution is -2.41. The lowest BCUT2D eigenvalue weighted by atomic mass is 9.75. The number of furan rings is 1. The van der Waals surface area contributed by atoms with Crippen LogP contribution >= 0.6 is 0 Å². The predicted molar refractivity (Wildman–Crippen MR) is 93.1 cm³/mol. The summed E-state index contributed by atoms with van der Waals surface area (Å²) < 4.78 is 7.41. The second kappa shape index (κ2) is 6.04. The van der Waals surface area contributed by atoms with Crippen molar-refractivity contribution in [1.82, 2.24) is 15.1 Å². The number of benzene rings is 1. The third-order valence-corrected chi connectivity index (χ3v) is 4.89. The Labute approximate surface area is 145 Å². The maximum absolute atomic E-state index is 12.7. The first kappa shape index (κ1) is 15.9. The third-order valence-electron chi connectivity index (χ3n) is 4.89. The molecular formula is C19H21N3O3. The minimum Gasteiger partial charge on any atom is -0.451 e. The Hall–Kier alpha value is -2.60. The van der Waals surface area contributed by atoms with Crippen molar-refractivity contribution in [2.75, 3.05) is 0 Å². The van der Waals surface area contributed by atoms with Gasteiger partial charge in [0, 0.05) is 24.2 Å². The van der Waals surface area contributed by atoms with Crippen LogP contribution in [0.5, 0.6) is 0 Å². The second-order valence-corrected chi connectivity index (χ2v) is 6.94. The SMILES string of the molecule is Cc1ccc2oc(C(=O)N[C@H](c3cnn(C)c3)C3CC(O)C3)cc2c1. The molecule has 3 aromatic rings. The monoisotopic (exact) mass is 339 g/mol. The van der Waals surface area contributed by atoms with Gasteiger partial charge in [0.1, 0.15) is 5.58 Å². The van der Waals surface area contributed by atoms with Crippen LogP contribution in [0.1, 0.15) is 40.6 Å². The van der Waals surface area contributed by atoms with E-state index in [-0.39, 0.29) is 24.0 Å². The van der Waals surface area contributed by atoms with Gasteiger partial charge in [-0.3, -0.25) is 9.48 Å². The number of hydrogen-bond acceptors (Lipinski definition) is 4. The van der Waals surface area contributed by atoms with Gasteiger partial charge in [-0.1, -0.05) is 11.6 Å². The Balaban J connectivity index is 1.58. The number of nitrogens with one attached hydrogen (secondary N) is 1. The van der Waals surface area contributed by atoms with E-state index in [1.807, 2.05) is 38.4 Å². The third kappa shape index (κ3) is 3.05. The number of amides is 1. The highest BCUT2D eigenvalue weighted by Gasteiger charge is 2.36. The van der Waals surface area contributed by atoms with Crippen molar-refractivity contribution in [3.8, 4) is 0 Å². The molecule has 1 fully saturated rings. The molecule has 1 aliphatic rings. The molecule has 1 aliphatic carbocycles. The van der Waals surface area contributed by atoms with Crippen LogP contribution in [-0.2, 0) is 7.05 Å². The van der Waals surface area contributed by atoms with Crippen LogP contribution in [0.15, 0.2) is 41.1 Å². The van der Waals surface area contributed by atoms with Gasteiger partial charge in [0.05, 0.1) is 18.3 Å². The molecule has 2 heterocycles. The molecule has 4 rings (SSSR count). The van der Waals surface area contributed by atoms with Crippen LogP contribution in [-0.4, -0.2) is 26.9 Å². The van der Waals surface area contributed by atoms with E-state index in [0.29, 0.717) is 24.2 Å². The smallest absolute Gasteiger partial charge is 0.287 e. The average Bonchev–Trinajstić information content (AvgIpc) is 3.15. The molecule has 0 spiro atoms. The molecule has 25 heavy (non-hydrogen) atoms. The lowest BCUT2D eigenvalue weighted by Gasteiger charge is -2.37. The molecule has 2 aromatic heterocycles. The summed E-state index contributed by atoms with van der Waals surface area (Å²) in [5.41, 5.74) is 2.77. The van der Waals surface area contributed by atoms with Gasteiger partial charge in [-0.15, -0.1) is 0 Å². The molecule has 0 bridgehead atoms. The van der Waals surface area contributed by atoms with Crippen LogP contribution in [0.25, 0.3) is 11.0 Å². The Morgan fingerprint density at radius 1 is 1.40 bits per heavy atom. The van der Waals surface area contributed by atoms with Crippen LogP contribution < -0.4 is 5.32 Å². The molecule has 6 nitrogen and oxygen atoms in total. The van der Waals surface area contributed by atoms with E-state index in [9.17, 15) is 9.90 Å². The summed E-state index contributed by atoms with van der Waals surface area (Å²) >= 11 is 0. The number of fused-ring (bicyclic) bond motifs is 1. The van der Waals surface area contributed by atoms with Crippen molar-refractivity contribution in [3.63, 3.8) is 0 Å². The van der Waals surface area contributed by atoms with E-state index in [1.165, 1.54) is 0 Å². The topological polar surface area (TPSA) is 80.3 Å².